The molecule has 1 unspecified atom stereocenters. The molecule has 0 N–H and O–H groups in total. The van der Waals surface area contributed by atoms with Crippen molar-refractivity contribution in [2.75, 3.05) is 0 Å². The van der Waals surface area contributed by atoms with Crippen LogP contribution in [0.4, 0.5) is 13.2 Å². The molecule has 4 rings (SSSR count). The first-order chi connectivity index (χ1) is 14.3. The smallest absolute Gasteiger partial charge is 0.315 e. The van der Waals surface area contributed by atoms with E-state index >= 15 is 0 Å². The lowest BCUT2D eigenvalue weighted by Gasteiger charge is -2.19. The van der Waals surface area contributed by atoms with Crippen LogP contribution in [0.25, 0.3) is 28.0 Å². The highest BCUT2D eigenvalue weighted by Gasteiger charge is 2.31. The Morgan fingerprint density at radius 3 is 2.43 bits per heavy atom. The van der Waals surface area contributed by atoms with Gasteiger partial charge in [0.05, 0.1) is 16.6 Å². The molecule has 2 aromatic heterocycles. The third-order valence-corrected chi connectivity index (χ3v) is 5.32. The fourth-order valence-corrected chi connectivity index (χ4v) is 3.57. The molecule has 0 amide bonds. The highest BCUT2D eigenvalue weighted by Crippen LogP contribution is 2.35. The summed E-state index contributed by atoms with van der Waals surface area (Å²) < 4.78 is 43.8. The molecule has 0 spiro atoms. The van der Waals surface area contributed by atoms with E-state index in [0.29, 0.717) is 22.4 Å². The Morgan fingerprint density at radius 2 is 1.77 bits per heavy atom. The molecule has 154 valence electrons. The van der Waals surface area contributed by atoms with Crippen molar-refractivity contribution < 1.29 is 13.2 Å². The summed E-state index contributed by atoms with van der Waals surface area (Å²) in [5.74, 6) is 0. The van der Waals surface area contributed by atoms with E-state index in [0.717, 1.165) is 24.1 Å². The van der Waals surface area contributed by atoms with Crippen LogP contribution in [-0.4, -0.2) is 14.1 Å². The topological polar surface area (TPSA) is 39.8 Å². The van der Waals surface area contributed by atoms with Gasteiger partial charge in [0.25, 0.3) is 5.56 Å². The van der Waals surface area contributed by atoms with Crippen molar-refractivity contribution in [2.24, 2.45) is 0 Å². The number of nitrogens with zero attached hydrogens (tertiary/aromatic N) is 3. The third kappa shape index (κ3) is 3.40. The molecule has 0 fully saturated rings. The number of hydrogen-bond acceptors (Lipinski definition) is 2. The predicted octanol–water partition coefficient (Wildman–Crippen LogP) is 5.84. The van der Waals surface area contributed by atoms with Gasteiger partial charge in [0.2, 0.25) is 0 Å². The average Bonchev–Trinajstić information content (AvgIpc) is 3.15. The molecule has 7 heteroatoms. The Balaban J connectivity index is 2.13. The van der Waals surface area contributed by atoms with E-state index in [9.17, 15) is 18.0 Å². The lowest BCUT2D eigenvalue weighted by Crippen LogP contribution is -2.16. The van der Waals surface area contributed by atoms with Gasteiger partial charge in [-0.2, -0.15) is 18.2 Å². The van der Waals surface area contributed by atoms with Crippen molar-refractivity contribution in [2.45, 2.75) is 32.5 Å². The number of halogens is 3. The summed E-state index contributed by atoms with van der Waals surface area (Å²) in [4.78, 5) is 16.6. The van der Waals surface area contributed by atoms with Crippen molar-refractivity contribution in [3.8, 4) is 16.9 Å². The van der Waals surface area contributed by atoms with E-state index in [1.54, 1.807) is 16.7 Å². The first-order valence-electron chi connectivity index (χ1n) is 9.67. The number of hydrogen-bond donors (Lipinski definition) is 0. The highest BCUT2D eigenvalue weighted by atomic mass is 19.4. The molecule has 0 bridgehead atoms. The van der Waals surface area contributed by atoms with Crippen LogP contribution in [0.1, 0.15) is 31.9 Å². The van der Waals surface area contributed by atoms with Crippen LogP contribution in [0.3, 0.4) is 0 Å². The van der Waals surface area contributed by atoms with Gasteiger partial charge in [0.15, 0.2) is 0 Å². The lowest BCUT2D eigenvalue weighted by molar-refractivity contribution is -0.137. The molecule has 0 saturated heterocycles. The van der Waals surface area contributed by atoms with Crippen LogP contribution >= 0.6 is 0 Å². The van der Waals surface area contributed by atoms with Crippen molar-refractivity contribution in [1.82, 2.24) is 14.1 Å². The van der Waals surface area contributed by atoms with Gasteiger partial charge in [0.1, 0.15) is 12.0 Å². The molecule has 0 aliphatic carbocycles. The SMILES string of the molecule is CCC(C)n1cnc(=O)c2cc(-c3ccccc3)n(-c3cccc(C(F)(F)F)c3)c21. The molecule has 0 aliphatic rings. The largest absolute Gasteiger partial charge is 0.416 e. The molecular formula is C23H20F3N3O. The monoisotopic (exact) mass is 411 g/mol. The normalized spacial score (nSPS) is 13.0. The van der Waals surface area contributed by atoms with Crippen LogP contribution in [0, 0.1) is 0 Å². The summed E-state index contributed by atoms with van der Waals surface area (Å²) in [6.07, 6.45) is -2.23. The van der Waals surface area contributed by atoms with Gasteiger partial charge in [-0.15, -0.1) is 0 Å². The highest BCUT2D eigenvalue weighted by molar-refractivity contribution is 5.86. The maximum Gasteiger partial charge on any atom is 0.416 e. The Labute approximate surface area is 171 Å². The number of aromatic nitrogens is 3. The Kier molecular flexibility index (Phi) is 4.97. The van der Waals surface area contributed by atoms with Gasteiger partial charge in [0, 0.05) is 11.7 Å². The summed E-state index contributed by atoms with van der Waals surface area (Å²) in [5.41, 5.74) is 1.14. The van der Waals surface area contributed by atoms with E-state index in [1.807, 2.05) is 48.7 Å². The second kappa shape index (κ2) is 7.48. The molecule has 2 aromatic carbocycles. The number of alkyl halides is 3. The lowest BCUT2D eigenvalue weighted by atomic mass is 10.1. The molecule has 1 atom stereocenters. The fraction of sp³-hybridized carbons (Fsp3) is 0.217. The molecule has 0 aliphatic heterocycles. The molecule has 4 nitrogen and oxygen atoms in total. The van der Waals surface area contributed by atoms with E-state index in [4.69, 9.17) is 0 Å². The standard InChI is InChI=1S/C23H20F3N3O/c1-3-15(2)28-14-27-21(30)19-13-20(16-8-5-4-6-9-16)29(22(19)28)18-11-7-10-17(12-18)23(24,25)26/h4-15H,3H2,1-2H3. The molecular weight excluding hydrogens is 391 g/mol. The molecule has 2 heterocycles. The predicted molar refractivity (Wildman–Crippen MR) is 111 cm³/mol. The summed E-state index contributed by atoms with van der Waals surface area (Å²) in [7, 11) is 0. The molecule has 0 radical (unpaired) electrons. The van der Waals surface area contributed by atoms with E-state index in [-0.39, 0.29) is 6.04 Å². The second-order valence-electron chi connectivity index (χ2n) is 7.23. The second-order valence-corrected chi connectivity index (χ2v) is 7.23. The first kappa shape index (κ1) is 19.9. The van der Waals surface area contributed by atoms with Crippen LogP contribution in [-0.2, 0) is 6.18 Å². The maximum atomic E-state index is 13.4. The van der Waals surface area contributed by atoms with Crippen molar-refractivity contribution in [3.05, 3.63) is 82.9 Å². The van der Waals surface area contributed by atoms with Crippen LogP contribution in [0.2, 0.25) is 0 Å². The summed E-state index contributed by atoms with van der Waals surface area (Å²) in [6, 6.07) is 16.2. The van der Waals surface area contributed by atoms with Crippen molar-refractivity contribution in [3.63, 3.8) is 0 Å². The van der Waals surface area contributed by atoms with Crippen molar-refractivity contribution >= 4 is 11.0 Å². The van der Waals surface area contributed by atoms with E-state index < -0.39 is 17.3 Å². The average molecular weight is 411 g/mol. The first-order valence-corrected chi connectivity index (χ1v) is 9.67. The van der Waals surface area contributed by atoms with Gasteiger partial charge >= 0.3 is 6.18 Å². The summed E-state index contributed by atoms with van der Waals surface area (Å²) in [5, 5.41) is 0.370. The van der Waals surface area contributed by atoms with Gasteiger partial charge < -0.3 is 4.57 Å². The Morgan fingerprint density at radius 1 is 1.03 bits per heavy atom. The third-order valence-electron chi connectivity index (χ3n) is 5.32. The number of fused-ring (bicyclic) bond motifs is 1. The van der Waals surface area contributed by atoms with Crippen LogP contribution in [0.15, 0.2) is 71.8 Å². The van der Waals surface area contributed by atoms with Gasteiger partial charge in [-0.3, -0.25) is 9.36 Å². The van der Waals surface area contributed by atoms with Crippen molar-refractivity contribution in [1.29, 1.82) is 0 Å². The number of benzene rings is 2. The molecule has 30 heavy (non-hydrogen) atoms. The minimum atomic E-state index is -4.47. The quantitative estimate of drug-likeness (QED) is 0.423. The van der Waals surface area contributed by atoms with Gasteiger partial charge in [-0.05, 0) is 43.2 Å². The molecule has 4 aromatic rings. The van der Waals surface area contributed by atoms with E-state index in [2.05, 4.69) is 4.98 Å². The number of rotatable bonds is 4. The van der Waals surface area contributed by atoms with Gasteiger partial charge in [-0.25, -0.2) is 0 Å². The maximum absolute atomic E-state index is 13.4. The summed E-state index contributed by atoms with van der Waals surface area (Å²) in [6.45, 7) is 3.99. The van der Waals surface area contributed by atoms with E-state index in [1.165, 1.54) is 12.4 Å². The Bertz CT molecular complexity index is 1260. The van der Waals surface area contributed by atoms with Crippen LogP contribution < -0.4 is 5.56 Å². The zero-order chi connectivity index (χ0) is 21.5. The fourth-order valence-electron chi connectivity index (χ4n) is 3.57. The Hall–Kier alpha value is -3.35. The zero-order valence-electron chi connectivity index (χ0n) is 16.5. The van der Waals surface area contributed by atoms with Crippen LogP contribution in [0.5, 0.6) is 0 Å². The molecule has 0 saturated carbocycles. The van der Waals surface area contributed by atoms with Gasteiger partial charge in [-0.1, -0.05) is 43.3 Å². The minimum absolute atomic E-state index is 0.00340. The minimum Gasteiger partial charge on any atom is -0.315 e. The zero-order valence-corrected chi connectivity index (χ0v) is 16.5. The summed E-state index contributed by atoms with van der Waals surface area (Å²) >= 11 is 0.